The summed E-state index contributed by atoms with van der Waals surface area (Å²) >= 11 is 5.51. The van der Waals surface area contributed by atoms with Crippen LogP contribution in [0.2, 0.25) is 0 Å². The first-order valence-corrected chi connectivity index (χ1v) is 5.87. The topological polar surface area (TPSA) is 0 Å². The van der Waals surface area contributed by atoms with Gasteiger partial charge in [-0.3, -0.25) is 0 Å². The van der Waals surface area contributed by atoms with E-state index in [1.807, 2.05) is 0 Å². The van der Waals surface area contributed by atoms with Crippen molar-refractivity contribution in [2.45, 2.75) is 52.6 Å². The van der Waals surface area contributed by atoms with Gasteiger partial charge in [0.05, 0.1) is 0 Å². The van der Waals surface area contributed by atoms with Gasteiger partial charge in [-0.15, -0.1) is 0 Å². The van der Waals surface area contributed by atoms with Gasteiger partial charge in [0, 0.05) is 0 Å². The van der Waals surface area contributed by atoms with E-state index in [-0.39, 0.29) is 0 Å². The largest absolute Gasteiger partial charge is 0.0995 e. The fraction of sp³-hybridized carbons (Fsp3) is 1.00. The van der Waals surface area contributed by atoms with E-state index in [2.05, 4.69) is 34.6 Å². The Morgan fingerprint density at radius 1 is 1.10 bits per heavy atom. The fourth-order valence-corrected chi connectivity index (χ4v) is 0. The molecule has 1 atom stereocenters. The molecule has 0 aliphatic heterocycles. The van der Waals surface area contributed by atoms with Gasteiger partial charge in [0.15, 0.2) is 0 Å². The van der Waals surface area contributed by atoms with Crippen molar-refractivity contribution < 1.29 is 0 Å². The highest BCUT2D eigenvalue weighted by atomic mass is 35.7. The van der Waals surface area contributed by atoms with E-state index < -0.39 is 0 Å². The lowest BCUT2D eigenvalue weighted by atomic mass is 10.3. The monoisotopic (exact) mass is 182 g/mol. The van der Waals surface area contributed by atoms with E-state index in [9.17, 15) is 0 Å². The second-order valence-corrected chi connectivity index (χ2v) is 5.60. The van der Waals surface area contributed by atoms with Crippen molar-refractivity contribution in [1.29, 1.82) is 0 Å². The average molecular weight is 183 g/mol. The molecule has 0 aromatic heterocycles. The first-order valence-electron chi connectivity index (χ1n) is 3.85. The molecule has 0 aliphatic carbocycles. The van der Waals surface area contributed by atoms with Crippen LogP contribution in [0.25, 0.3) is 0 Å². The zero-order chi connectivity index (χ0) is 8.62. The lowest BCUT2D eigenvalue weighted by Gasteiger charge is -2.10. The molecule has 0 aromatic rings. The Morgan fingerprint density at radius 2 is 1.30 bits per heavy atom. The van der Waals surface area contributed by atoms with Crippen molar-refractivity contribution in [3.8, 4) is 0 Å². The average Bonchev–Trinajstić information content (AvgIpc) is 1.87. The van der Waals surface area contributed by atoms with Gasteiger partial charge in [-0.25, -0.2) is 0 Å². The first kappa shape index (κ1) is 13.3. The Hall–Kier alpha value is 0.720. The summed E-state index contributed by atoms with van der Waals surface area (Å²) in [5.74, 6) is 0. The lowest BCUT2D eigenvalue weighted by Crippen LogP contribution is -2.00. The van der Waals surface area contributed by atoms with Crippen LogP contribution < -0.4 is 0 Å². The summed E-state index contributed by atoms with van der Waals surface area (Å²) in [6, 6.07) is 0. The number of hydrogen-bond donors (Lipinski definition) is 0. The molecule has 0 aromatic carbocycles. The zero-order valence-electron chi connectivity index (χ0n) is 7.79. The normalized spacial score (nSPS) is 11.4. The van der Waals surface area contributed by atoms with Gasteiger partial charge in [0.1, 0.15) is 0 Å². The van der Waals surface area contributed by atoms with E-state index in [1.54, 1.807) is 0 Å². The molecule has 0 rings (SSSR count). The van der Waals surface area contributed by atoms with Crippen LogP contribution in [0.5, 0.6) is 0 Å². The summed E-state index contributed by atoms with van der Waals surface area (Å²) in [4.78, 5) is 0. The summed E-state index contributed by atoms with van der Waals surface area (Å²) in [6.45, 7) is 10.7. The van der Waals surface area contributed by atoms with Gasteiger partial charge in [-0.2, -0.15) is 0 Å². The molecule has 1 unspecified atom stereocenters. The predicted molar refractivity (Wildman–Crippen MR) is 54.5 cm³/mol. The maximum absolute atomic E-state index is 5.51. The van der Waals surface area contributed by atoms with E-state index in [4.69, 9.17) is 11.2 Å². The first-order chi connectivity index (χ1) is 4.47. The second-order valence-electron chi connectivity index (χ2n) is 3.34. The number of hydrogen-bond acceptors (Lipinski definition) is 0. The van der Waals surface area contributed by atoms with Crippen molar-refractivity contribution in [2.75, 3.05) is 0 Å². The molecule has 0 amide bonds. The molecular formula is C8H20ClP. The van der Waals surface area contributed by atoms with Crippen LogP contribution in [-0.4, -0.2) is 5.16 Å². The molecule has 0 bridgehead atoms. The van der Waals surface area contributed by atoms with Crippen LogP contribution in [0.15, 0.2) is 0 Å². The zero-order valence-corrected chi connectivity index (χ0v) is 9.55. The van der Waals surface area contributed by atoms with Crippen LogP contribution in [0.3, 0.4) is 0 Å². The summed E-state index contributed by atoms with van der Waals surface area (Å²) in [5, 5.41) is 0.335. The van der Waals surface area contributed by atoms with Crippen LogP contribution >= 0.6 is 19.2 Å². The minimum absolute atomic E-state index is 0.335. The van der Waals surface area contributed by atoms with Crippen molar-refractivity contribution in [1.82, 2.24) is 0 Å². The van der Waals surface area contributed by atoms with Gasteiger partial charge < -0.3 is 0 Å². The molecule has 0 spiro atoms. The SMILES string of the molecule is CC(C)(C)PCl.CCCC. The Kier molecular flexibility index (Phi) is 10.4. The quantitative estimate of drug-likeness (QED) is 0.527. The Morgan fingerprint density at radius 3 is 1.30 bits per heavy atom. The van der Waals surface area contributed by atoms with Crippen molar-refractivity contribution in [2.24, 2.45) is 0 Å². The molecule has 0 heterocycles. The Labute approximate surface area is 72.3 Å². The van der Waals surface area contributed by atoms with E-state index in [1.165, 1.54) is 12.8 Å². The van der Waals surface area contributed by atoms with Gasteiger partial charge >= 0.3 is 0 Å². The molecule has 64 valence electrons. The molecular weight excluding hydrogens is 163 g/mol. The van der Waals surface area contributed by atoms with Crippen molar-refractivity contribution in [3.63, 3.8) is 0 Å². The highest BCUT2D eigenvalue weighted by Crippen LogP contribution is 2.33. The fourth-order valence-electron chi connectivity index (χ4n) is 0. The minimum atomic E-state index is 0.335. The standard InChI is InChI=1S/C4H10ClP.C4H10/c1-4(2,3)6-5;1-3-4-2/h6H,1-3H3;3-4H2,1-2H3. The summed E-state index contributed by atoms with van der Waals surface area (Å²) in [5.41, 5.74) is 0. The molecule has 2 heteroatoms. The van der Waals surface area contributed by atoms with Crippen LogP contribution in [0.1, 0.15) is 47.5 Å². The summed E-state index contributed by atoms with van der Waals surface area (Å²) < 4.78 is 0. The molecule has 0 saturated carbocycles. The predicted octanol–water partition coefficient (Wildman–Crippen LogP) is 4.42. The van der Waals surface area contributed by atoms with Gasteiger partial charge in [0.25, 0.3) is 0 Å². The van der Waals surface area contributed by atoms with Crippen LogP contribution in [-0.2, 0) is 0 Å². The summed E-state index contributed by atoms with van der Waals surface area (Å²) in [6.07, 6.45) is 2.64. The third-order valence-electron chi connectivity index (χ3n) is 0.783. The van der Waals surface area contributed by atoms with Crippen LogP contribution in [0.4, 0.5) is 0 Å². The lowest BCUT2D eigenvalue weighted by molar-refractivity contribution is 0.802. The maximum atomic E-state index is 5.51. The maximum Gasteiger partial charge on any atom is -0.00683 e. The molecule has 10 heavy (non-hydrogen) atoms. The summed E-state index contributed by atoms with van der Waals surface area (Å²) in [7, 11) is 0.539. The van der Waals surface area contributed by atoms with Gasteiger partial charge in [0.2, 0.25) is 0 Å². The van der Waals surface area contributed by atoms with E-state index >= 15 is 0 Å². The molecule has 0 nitrogen and oxygen atoms in total. The van der Waals surface area contributed by atoms with E-state index in [0.717, 1.165) is 0 Å². The number of rotatable bonds is 1. The molecule has 0 fully saturated rings. The highest BCUT2D eigenvalue weighted by molar-refractivity contribution is 7.69. The van der Waals surface area contributed by atoms with Gasteiger partial charge in [-0.1, -0.05) is 58.7 Å². The molecule has 0 radical (unpaired) electrons. The van der Waals surface area contributed by atoms with E-state index in [0.29, 0.717) is 13.1 Å². The number of halogens is 1. The van der Waals surface area contributed by atoms with Gasteiger partial charge in [-0.05, 0) is 13.1 Å². The smallest absolute Gasteiger partial charge is 0.00683 e. The second kappa shape index (κ2) is 7.82. The molecule has 0 N–H and O–H groups in total. The minimum Gasteiger partial charge on any atom is -0.0995 e. The van der Waals surface area contributed by atoms with Crippen molar-refractivity contribution >= 4 is 19.2 Å². The Bertz CT molecular complexity index is 54.8. The van der Waals surface area contributed by atoms with Crippen molar-refractivity contribution in [3.05, 3.63) is 0 Å². The Balaban J connectivity index is 0. The third kappa shape index (κ3) is 23.3. The highest BCUT2D eigenvalue weighted by Gasteiger charge is 2.05. The van der Waals surface area contributed by atoms with Crippen LogP contribution in [0, 0.1) is 0 Å². The molecule has 0 saturated heterocycles. The third-order valence-corrected chi connectivity index (χ3v) is 3.05. The number of unbranched alkanes of at least 4 members (excludes halogenated alkanes) is 1. The molecule has 0 aliphatic rings.